The number of rotatable bonds is 7. The van der Waals surface area contributed by atoms with E-state index in [0.717, 1.165) is 80.0 Å². The van der Waals surface area contributed by atoms with Crippen LogP contribution in [0.25, 0.3) is 22.4 Å². The van der Waals surface area contributed by atoms with Gasteiger partial charge in [0.1, 0.15) is 22.7 Å². The molecule has 0 N–H and O–H groups in total. The molecule has 0 bridgehead atoms. The summed E-state index contributed by atoms with van der Waals surface area (Å²) in [6, 6.07) is 10.0. The van der Waals surface area contributed by atoms with Crippen molar-refractivity contribution in [2.45, 2.75) is 52.4 Å². The highest BCUT2D eigenvalue weighted by atomic mass is 16.5. The number of aromatic nitrogens is 3. The Morgan fingerprint density at radius 2 is 1.87 bits per heavy atom. The number of fused-ring (bicyclic) bond motifs is 1. The summed E-state index contributed by atoms with van der Waals surface area (Å²) in [5.41, 5.74) is 2.30. The topological polar surface area (TPSA) is 75.4 Å². The van der Waals surface area contributed by atoms with Gasteiger partial charge in [0.15, 0.2) is 0 Å². The summed E-state index contributed by atoms with van der Waals surface area (Å²) in [5.74, 6) is 1.92. The van der Waals surface area contributed by atoms with Crippen LogP contribution in [0.4, 0.5) is 5.82 Å². The van der Waals surface area contributed by atoms with E-state index in [4.69, 9.17) is 9.51 Å². The van der Waals surface area contributed by atoms with Crippen LogP contribution < -0.4 is 4.90 Å². The van der Waals surface area contributed by atoms with Gasteiger partial charge in [-0.2, -0.15) is 4.98 Å². The zero-order valence-corrected chi connectivity index (χ0v) is 18.5. The molecule has 31 heavy (non-hydrogen) atoms. The van der Waals surface area contributed by atoms with E-state index in [1.54, 1.807) is 0 Å². The van der Waals surface area contributed by atoms with E-state index in [-0.39, 0.29) is 5.91 Å². The average Bonchev–Trinajstić information content (AvgIpc) is 3.06. The summed E-state index contributed by atoms with van der Waals surface area (Å²) in [5, 5.41) is 5.23. The van der Waals surface area contributed by atoms with Crippen LogP contribution in [0.2, 0.25) is 0 Å². The van der Waals surface area contributed by atoms with Gasteiger partial charge in [0.25, 0.3) is 5.71 Å². The van der Waals surface area contributed by atoms with E-state index in [0.29, 0.717) is 18.7 Å². The minimum absolute atomic E-state index is 0.246. The molecular weight excluding hydrogens is 390 g/mol. The van der Waals surface area contributed by atoms with Gasteiger partial charge in [-0.05, 0) is 19.3 Å². The first kappa shape index (κ1) is 21.3. The minimum atomic E-state index is 0.246. The number of hydrogen-bond donors (Lipinski definition) is 0. The quantitative estimate of drug-likeness (QED) is 0.560. The second kappa shape index (κ2) is 9.90. The summed E-state index contributed by atoms with van der Waals surface area (Å²) in [4.78, 5) is 26.4. The summed E-state index contributed by atoms with van der Waals surface area (Å²) < 4.78 is 5.69. The Labute approximate surface area is 183 Å². The van der Waals surface area contributed by atoms with Gasteiger partial charge < -0.3 is 14.3 Å². The van der Waals surface area contributed by atoms with Gasteiger partial charge in [0, 0.05) is 44.6 Å². The standard InChI is InChI=1S/C24H31N5O2/c1-3-5-13-19-25-23(29-15-9-14-28(16-17-29)20(30)10-4-2)21-22(27-31-24(21)26-19)18-11-7-6-8-12-18/h6-8,11-12H,3-5,9-10,13-17H2,1-2H3. The zero-order chi connectivity index (χ0) is 21.6. The van der Waals surface area contributed by atoms with Gasteiger partial charge in [-0.15, -0.1) is 0 Å². The average molecular weight is 422 g/mol. The fourth-order valence-corrected chi connectivity index (χ4v) is 4.10. The molecule has 164 valence electrons. The molecule has 3 heterocycles. The van der Waals surface area contributed by atoms with Crippen LogP contribution in [-0.4, -0.2) is 52.1 Å². The molecular formula is C24H31N5O2. The Bertz CT molecular complexity index is 1020. The van der Waals surface area contributed by atoms with Crippen molar-refractivity contribution >= 4 is 22.8 Å². The van der Waals surface area contributed by atoms with Crippen molar-refractivity contribution in [1.29, 1.82) is 0 Å². The summed E-state index contributed by atoms with van der Waals surface area (Å²) in [6.45, 7) is 7.30. The fourth-order valence-electron chi connectivity index (χ4n) is 4.10. The molecule has 1 aromatic carbocycles. The third kappa shape index (κ3) is 4.70. The van der Waals surface area contributed by atoms with Crippen molar-refractivity contribution in [2.75, 3.05) is 31.1 Å². The molecule has 0 unspecified atom stereocenters. The maximum atomic E-state index is 12.4. The van der Waals surface area contributed by atoms with Crippen LogP contribution in [-0.2, 0) is 11.2 Å². The van der Waals surface area contributed by atoms with Crippen LogP contribution in [0.15, 0.2) is 34.9 Å². The van der Waals surface area contributed by atoms with Crippen LogP contribution >= 0.6 is 0 Å². The SMILES string of the molecule is CCCCc1nc(N2CCCN(C(=O)CCC)CC2)c2c(-c3ccccc3)noc2n1. The van der Waals surface area contributed by atoms with E-state index >= 15 is 0 Å². The third-order valence-corrected chi connectivity index (χ3v) is 5.78. The predicted octanol–water partition coefficient (Wildman–Crippen LogP) is 4.47. The highest BCUT2D eigenvalue weighted by molar-refractivity contribution is 5.98. The third-order valence-electron chi connectivity index (χ3n) is 5.78. The first-order valence-electron chi connectivity index (χ1n) is 11.5. The lowest BCUT2D eigenvalue weighted by Crippen LogP contribution is -2.35. The van der Waals surface area contributed by atoms with Crippen molar-refractivity contribution in [1.82, 2.24) is 20.0 Å². The number of amides is 1. The Kier molecular flexibility index (Phi) is 6.79. The van der Waals surface area contributed by atoms with Gasteiger partial charge in [-0.1, -0.05) is 55.8 Å². The van der Waals surface area contributed by atoms with E-state index < -0.39 is 0 Å². The maximum Gasteiger partial charge on any atom is 0.263 e. The van der Waals surface area contributed by atoms with Crippen LogP contribution in [0.1, 0.15) is 51.8 Å². The Morgan fingerprint density at radius 1 is 1.03 bits per heavy atom. The minimum Gasteiger partial charge on any atom is -0.354 e. The van der Waals surface area contributed by atoms with Crippen molar-refractivity contribution in [3.8, 4) is 11.3 Å². The molecule has 2 aromatic heterocycles. The molecule has 7 nitrogen and oxygen atoms in total. The summed E-state index contributed by atoms with van der Waals surface area (Å²) in [6.07, 6.45) is 5.34. The lowest BCUT2D eigenvalue weighted by Gasteiger charge is -2.23. The highest BCUT2D eigenvalue weighted by Gasteiger charge is 2.25. The van der Waals surface area contributed by atoms with Crippen LogP contribution in [0.3, 0.4) is 0 Å². The lowest BCUT2D eigenvalue weighted by molar-refractivity contribution is -0.131. The number of hydrogen-bond acceptors (Lipinski definition) is 6. The van der Waals surface area contributed by atoms with Crippen LogP contribution in [0, 0.1) is 0 Å². The Balaban J connectivity index is 1.72. The van der Waals surface area contributed by atoms with Crippen molar-refractivity contribution < 1.29 is 9.32 Å². The van der Waals surface area contributed by atoms with Gasteiger partial charge in [-0.25, -0.2) is 4.98 Å². The van der Waals surface area contributed by atoms with Crippen LogP contribution in [0.5, 0.6) is 0 Å². The Morgan fingerprint density at radius 3 is 2.65 bits per heavy atom. The van der Waals surface area contributed by atoms with Gasteiger partial charge >= 0.3 is 0 Å². The number of benzene rings is 1. The molecule has 0 radical (unpaired) electrons. The number of carbonyl (C=O) groups is 1. The monoisotopic (exact) mass is 421 g/mol. The first-order valence-corrected chi connectivity index (χ1v) is 11.5. The maximum absolute atomic E-state index is 12.4. The molecule has 0 atom stereocenters. The number of aryl methyl sites for hydroxylation is 1. The molecule has 0 saturated carbocycles. The summed E-state index contributed by atoms with van der Waals surface area (Å²) >= 11 is 0. The molecule has 3 aromatic rings. The fraction of sp³-hybridized carbons (Fsp3) is 0.500. The molecule has 1 aliphatic rings. The molecule has 1 saturated heterocycles. The molecule has 4 rings (SSSR count). The largest absolute Gasteiger partial charge is 0.354 e. The van der Waals surface area contributed by atoms with Gasteiger partial charge in [0.2, 0.25) is 5.91 Å². The molecule has 1 amide bonds. The normalized spacial score (nSPS) is 14.8. The number of unbranched alkanes of at least 4 members (excludes halogenated alkanes) is 1. The molecule has 0 spiro atoms. The molecule has 7 heteroatoms. The van der Waals surface area contributed by atoms with Crippen molar-refractivity contribution in [2.24, 2.45) is 0 Å². The number of nitrogens with zero attached hydrogens (tertiary/aromatic N) is 5. The number of carbonyl (C=O) groups excluding carboxylic acids is 1. The van der Waals surface area contributed by atoms with Gasteiger partial charge in [0.05, 0.1) is 0 Å². The molecule has 0 aliphatic carbocycles. The van der Waals surface area contributed by atoms with Crippen molar-refractivity contribution in [3.63, 3.8) is 0 Å². The zero-order valence-electron chi connectivity index (χ0n) is 18.5. The van der Waals surface area contributed by atoms with Crippen molar-refractivity contribution in [3.05, 3.63) is 36.2 Å². The smallest absolute Gasteiger partial charge is 0.263 e. The van der Waals surface area contributed by atoms with E-state index in [1.807, 2.05) is 35.2 Å². The lowest BCUT2D eigenvalue weighted by atomic mass is 10.1. The molecule has 1 aliphatic heterocycles. The predicted molar refractivity (Wildman–Crippen MR) is 122 cm³/mol. The van der Waals surface area contributed by atoms with Gasteiger partial charge in [-0.3, -0.25) is 4.79 Å². The highest BCUT2D eigenvalue weighted by Crippen LogP contribution is 2.34. The van der Waals surface area contributed by atoms with E-state index in [1.165, 1.54) is 0 Å². The Hall–Kier alpha value is -2.96. The number of anilines is 1. The summed E-state index contributed by atoms with van der Waals surface area (Å²) in [7, 11) is 0. The van der Waals surface area contributed by atoms with E-state index in [9.17, 15) is 4.79 Å². The second-order valence-electron chi connectivity index (χ2n) is 8.12. The molecule has 1 fully saturated rings. The van der Waals surface area contributed by atoms with E-state index in [2.05, 4.69) is 28.9 Å². The second-order valence-corrected chi connectivity index (χ2v) is 8.12. The first-order chi connectivity index (χ1) is 15.2.